The van der Waals surface area contributed by atoms with Crippen molar-refractivity contribution in [3.05, 3.63) is 75.8 Å². The van der Waals surface area contributed by atoms with Crippen LogP contribution in [0.4, 0.5) is 0 Å². The number of hydrogen-bond donors (Lipinski definition) is 1. The van der Waals surface area contributed by atoms with Crippen LogP contribution in [0.15, 0.2) is 57.7 Å². The van der Waals surface area contributed by atoms with Gasteiger partial charge in [-0.2, -0.15) is 0 Å². The van der Waals surface area contributed by atoms with Gasteiger partial charge in [0.05, 0.1) is 23.2 Å². The first kappa shape index (κ1) is 16.4. The van der Waals surface area contributed by atoms with E-state index in [2.05, 4.69) is 0 Å². The lowest BCUT2D eigenvalue weighted by Crippen LogP contribution is -2.05. The minimum absolute atomic E-state index is 0.248. The van der Waals surface area contributed by atoms with E-state index in [1.165, 1.54) is 0 Å². The molecule has 5 heteroatoms. The minimum atomic E-state index is -0.445. The van der Waals surface area contributed by atoms with Gasteiger partial charge in [0.1, 0.15) is 17.9 Å². The molecule has 4 aromatic rings. The molecule has 0 atom stereocenters. The number of aliphatic hydroxyl groups is 1. The highest BCUT2D eigenvalue weighted by Gasteiger charge is 2.21. The molecule has 0 fully saturated rings. The van der Waals surface area contributed by atoms with Gasteiger partial charge < -0.3 is 18.8 Å². The topological polar surface area (TPSA) is 64.6 Å². The fraction of sp³-hybridized carbons (Fsp3) is 0.190. The molecule has 0 aliphatic carbocycles. The summed E-state index contributed by atoms with van der Waals surface area (Å²) in [5.41, 5.74) is 3.30. The van der Waals surface area contributed by atoms with E-state index in [0.717, 1.165) is 27.9 Å². The Morgan fingerprint density at radius 3 is 2.58 bits per heavy atom. The molecule has 0 bridgehead atoms. The van der Waals surface area contributed by atoms with Gasteiger partial charge in [-0.3, -0.25) is 0 Å². The molecule has 0 aliphatic heterocycles. The lowest BCUT2D eigenvalue weighted by molar-refractivity contribution is 0.267. The Balaban J connectivity index is 1.87. The maximum atomic E-state index is 12.5. The summed E-state index contributed by atoms with van der Waals surface area (Å²) in [6.45, 7) is 2.01. The van der Waals surface area contributed by atoms with E-state index in [1.807, 2.05) is 61.0 Å². The molecule has 0 aliphatic rings. The minimum Gasteiger partial charge on any atom is -0.487 e. The summed E-state index contributed by atoms with van der Waals surface area (Å²) >= 11 is 0. The zero-order chi connectivity index (χ0) is 18.3. The van der Waals surface area contributed by atoms with Gasteiger partial charge in [0.2, 0.25) is 0 Å². The van der Waals surface area contributed by atoms with Gasteiger partial charge in [-0.25, -0.2) is 4.79 Å². The van der Waals surface area contributed by atoms with E-state index in [1.54, 1.807) is 6.07 Å². The third kappa shape index (κ3) is 2.57. The number of aryl methyl sites for hydroxylation is 2. The Labute approximate surface area is 150 Å². The molecule has 2 heterocycles. The van der Waals surface area contributed by atoms with Gasteiger partial charge in [0, 0.05) is 18.0 Å². The van der Waals surface area contributed by atoms with Crippen molar-refractivity contribution in [2.24, 2.45) is 7.05 Å². The molecule has 0 saturated heterocycles. The van der Waals surface area contributed by atoms with E-state index >= 15 is 0 Å². The zero-order valence-corrected chi connectivity index (χ0v) is 14.7. The molecule has 0 radical (unpaired) electrons. The van der Waals surface area contributed by atoms with Crippen LogP contribution in [-0.4, -0.2) is 9.67 Å². The number of aliphatic hydroxyl groups excluding tert-OH is 1. The monoisotopic (exact) mass is 349 g/mol. The lowest BCUT2D eigenvalue weighted by atomic mass is 10.1. The van der Waals surface area contributed by atoms with Crippen LogP contribution in [0.1, 0.15) is 16.8 Å². The van der Waals surface area contributed by atoms with E-state index in [9.17, 15) is 9.90 Å². The molecule has 0 amide bonds. The number of para-hydroxylation sites is 1. The van der Waals surface area contributed by atoms with Gasteiger partial charge in [-0.05, 0) is 31.2 Å². The normalized spacial score (nSPS) is 11.3. The maximum absolute atomic E-state index is 12.5. The maximum Gasteiger partial charge on any atom is 0.346 e. The molecule has 26 heavy (non-hydrogen) atoms. The highest BCUT2D eigenvalue weighted by Crippen LogP contribution is 2.30. The van der Waals surface area contributed by atoms with Crippen molar-refractivity contribution in [3.63, 3.8) is 0 Å². The molecule has 5 nitrogen and oxygen atoms in total. The fourth-order valence-electron chi connectivity index (χ4n) is 3.37. The third-order valence-electron chi connectivity index (χ3n) is 4.73. The standard InChI is InChI=1S/C21H19NO4/c1-13-7-9-14(10-8-13)25-12-17-16(11-23)19-20(22(17)2)15-5-3-4-6-18(15)26-21(19)24/h3-10,23H,11-12H2,1-2H3. The summed E-state index contributed by atoms with van der Waals surface area (Å²) in [6, 6.07) is 15.2. The first-order chi connectivity index (χ1) is 12.6. The van der Waals surface area contributed by atoms with Crippen molar-refractivity contribution in [2.45, 2.75) is 20.1 Å². The third-order valence-corrected chi connectivity index (χ3v) is 4.73. The number of hydrogen-bond acceptors (Lipinski definition) is 4. The lowest BCUT2D eigenvalue weighted by Gasteiger charge is -2.10. The molecule has 1 N–H and O–H groups in total. The number of benzene rings is 2. The van der Waals surface area contributed by atoms with Crippen LogP contribution in [0.5, 0.6) is 5.75 Å². The Morgan fingerprint density at radius 1 is 1.12 bits per heavy atom. The van der Waals surface area contributed by atoms with Crippen LogP contribution in [0.3, 0.4) is 0 Å². The molecule has 4 rings (SSSR count). The Kier molecular flexibility index (Phi) is 4.01. The van der Waals surface area contributed by atoms with Gasteiger partial charge in [-0.15, -0.1) is 0 Å². The number of ether oxygens (including phenoxy) is 1. The second-order valence-electron chi connectivity index (χ2n) is 6.35. The Morgan fingerprint density at radius 2 is 1.85 bits per heavy atom. The fourth-order valence-corrected chi connectivity index (χ4v) is 3.37. The number of rotatable bonds is 4. The average Bonchev–Trinajstić information content (AvgIpc) is 2.94. The summed E-state index contributed by atoms with van der Waals surface area (Å²) in [7, 11) is 1.88. The number of nitrogens with zero attached hydrogens (tertiary/aromatic N) is 1. The van der Waals surface area contributed by atoms with Crippen LogP contribution in [0.2, 0.25) is 0 Å². The largest absolute Gasteiger partial charge is 0.487 e. The molecule has 2 aromatic carbocycles. The van der Waals surface area contributed by atoms with Crippen molar-refractivity contribution >= 4 is 21.9 Å². The molecule has 0 spiro atoms. The summed E-state index contributed by atoms with van der Waals surface area (Å²) in [5, 5.41) is 11.2. The van der Waals surface area contributed by atoms with Gasteiger partial charge in [0.15, 0.2) is 0 Å². The van der Waals surface area contributed by atoms with E-state index < -0.39 is 5.63 Å². The first-order valence-corrected chi connectivity index (χ1v) is 8.42. The molecular formula is C21H19NO4. The quantitative estimate of drug-likeness (QED) is 0.571. The molecule has 0 saturated carbocycles. The van der Waals surface area contributed by atoms with E-state index in [-0.39, 0.29) is 13.2 Å². The first-order valence-electron chi connectivity index (χ1n) is 8.42. The van der Waals surface area contributed by atoms with Crippen molar-refractivity contribution in [2.75, 3.05) is 0 Å². The Bertz CT molecular complexity index is 1150. The van der Waals surface area contributed by atoms with Gasteiger partial charge >= 0.3 is 5.63 Å². The van der Waals surface area contributed by atoms with Gasteiger partial charge in [-0.1, -0.05) is 29.8 Å². The SMILES string of the molecule is Cc1ccc(OCc2c(CO)c3c(=O)oc4ccccc4c3n2C)cc1. The van der Waals surface area contributed by atoms with Crippen LogP contribution < -0.4 is 10.4 Å². The molecular weight excluding hydrogens is 330 g/mol. The molecule has 0 unspecified atom stereocenters. The summed E-state index contributed by atoms with van der Waals surface area (Å²) in [6.07, 6.45) is 0. The van der Waals surface area contributed by atoms with Crippen molar-refractivity contribution in [3.8, 4) is 5.75 Å². The predicted molar refractivity (Wildman–Crippen MR) is 100 cm³/mol. The number of aromatic nitrogens is 1. The Hall–Kier alpha value is -3.05. The predicted octanol–water partition coefficient (Wildman–Crippen LogP) is 3.66. The van der Waals surface area contributed by atoms with Gasteiger partial charge in [0.25, 0.3) is 0 Å². The summed E-state index contributed by atoms with van der Waals surface area (Å²) < 4.78 is 13.2. The second kappa shape index (κ2) is 6.35. The smallest absolute Gasteiger partial charge is 0.346 e. The highest BCUT2D eigenvalue weighted by atomic mass is 16.5. The van der Waals surface area contributed by atoms with E-state index in [4.69, 9.17) is 9.15 Å². The molecule has 2 aromatic heterocycles. The van der Waals surface area contributed by atoms with Crippen molar-refractivity contribution in [1.29, 1.82) is 0 Å². The number of fused-ring (bicyclic) bond motifs is 3. The summed E-state index contributed by atoms with van der Waals surface area (Å²) in [4.78, 5) is 12.5. The van der Waals surface area contributed by atoms with Crippen LogP contribution in [0, 0.1) is 6.92 Å². The van der Waals surface area contributed by atoms with Crippen molar-refractivity contribution in [1.82, 2.24) is 4.57 Å². The van der Waals surface area contributed by atoms with Crippen molar-refractivity contribution < 1.29 is 14.3 Å². The summed E-state index contributed by atoms with van der Waals surface area (Å²) in [5.74, 6) is 0.738. The van der Waals surface area contributed by atoms with E-state index in [0.29, 0.717) is 16.5 Å². The van der Waals surface area contributed by atoms with Crippen LogP contribution in [0.25, 0.3) is 21.9 Å². The highest BCUT2D eigenvalue weighted by molar-refractivity contribution is 6.04. The van der Waals surface area contributed by atoms with Crippen LogP contribution in [-0.2, 0) is 20.3 Å². The zero-order valence-electron chi connectivity index (χ0n) is 14.7. The second-order valence-corrected chi connectivity index (χ2v) is 6.35. The van der Waals surface area contributed by atoms with Crippen LogP contribution >= 0.6 is 0 Å². The molecule has 132 valence electrons. The average molecular weight is 349 g/mol.